The van der Waals surface area contributed by atoms with Crippen molar-refractivity contribution in [2.24, 2.45) is 17.1 Å². The van der Waals surface area contributed by atoms with E-state index in [0.717, 1.165) is 63.9 Å². The molecular weight excluding hydrogens is 466 g/mol. The molecule has 1 aromatic rings. The van der Waals surface area contributed by atoms with Crippen LogP contribution in [0.3, 0.4) is 0 Å². The summed E-state index contributed by atoms with van der Waals surface area (Å²) in [5, 5.41) is 3.20. The number of aromatic nitrogens is 2. The first-order chi connectivity index (χ1) is 17.7. The molecule has 8 nitrogen and oxygen atoms in total. The summed E-state index contributed by atoms with van der Waals surface area (Å²) in [7, 11) is 4.09. The fourth-order valence-corrected chi connectivity index (χ4v) is 6.22. The summed E-state index contributed by atoms with van der Waals surface area (Å²) in [4.78, 5) is 38.6. The quantitative estimate of drug-likeness (QED) is 0.292. The Labute approximate surface area is 221 Å². The van der Waals surface area contributed by atoms with E-state index >= 15 is 0 Å². The molecule has 2 aliphatic carbocycles. The van der Waals surface area contributed by atoms with Gasteiger partial charge in [0.2, 0.25) is 5.88 Å². The molecule has 0 radical (unpaired) electrons. The van der Waals surface area contributed by atoms with Crippen LogP contribution in [0.4, 0.5) is 0 Å². The van der Waals surface area contributed by atoms with Gasteiger partial charge in [-0.25, -0.2) is 4.98 Å². The Hall–Kier alpha value is -2.32. The Balaban J connectivity index is 1.65. The Morgan fingerprint density at radius 1 is 1.22 bits per heavy atom. The fraction of sp³-hybridized carbons (Fsp3) is 0.724. The lowest BCUT2D eigenvalue weighted by molar-refractivity contribution is -0.143. The van der Waals surface area contributed by atoms with E-state index in [1.807, 2.05) is 13.1 Å². The van der Waals surface area contributed by atoms with Crippen molar-refractivity contribution in [3.8, 4) is 5.88 Å². The maximum Gasteiger partial charge on any atom is 0.217 e. The van der Waals surface area contributed by atoms with Gasteiger partial charge in [0.15, 0.2) is 11.6 Å². The van der Waals surface area contributed by atoms with Crippen LogP contribution in [0.15, 0.2) is 11.6 Å². The third-order valence-corrected chi connectivity index (χ3v) is 8.82. The highest BCUT2D eigenvalue weighted by molar-refractivity contribution is 6.17. The van der Waals surface area contributed by atoms with Crippen molar-refractivity contribution in [3.63, 3.8) is 0 Å². The molecule has 4 rings (SSSR count). The summed E-state index contributed by atoms with van der Waals surface area (Å²) in [6, 6.07) is 1.96. The number of nitrogens with zero attached hydrogens (tertiary/aromatic N) is 3. The predicted molar refractivity (Wildman–Crippen MR) is 145 cm³/mol. The van der Waals surface area contributed by atoms with Crippen LogP contribution < -0.4 is 15.8 Å². The zero-order chi connectivity index (χ0) is 26.6. The normalized spacial score (nSPS) is 27.9. The van der Waals surface area contributed by atoms with Gasteiger partial charge < -0.3 is 20.7 Å². The van der Waals surface area contributed by atoms with Crippen LogP contribution in [-0.2, 0) is 9.59 Å². The SMILES string of the molecule is CNCCCC(C)[C@H](C)Oc1cc([C@H]2CCN(C)C2)nc(/C(N)=C2\CCC[C@@]3(CCCCC3=O)C2=O)n1. The molecule has 4 atom stereocenters. The first kappa shape index (κ1) is 27.7. The Morgan fingerprint density at radius 2 is 2.00 bits per heavy atom. The number of ether oxygens (including phenoxy) is 1. The number of likely N-dealkylation sites (N-methyl/N-ethyl adjacent to an activating group) is 1. The minimum atomic E-state index is -0.890. The van der Waals surface area contributed by atoms with Crippen LogP contribution in [-0.4, -0.2) is 66.3 Å². The monoisotopic (exact) mass is 511 g/mol. The van der Waals surface area contributed by atoms with Crippen LogP contribution in [0.1, 0.15) is 95.5 Å². The van der Waals surface area contributed by atoms with E-state index in [1.165, 1.54) is 0 Å². The van der Waals surface area contributed by atoms with E-state index in [1.54, 1.807) is 0 Å². The largest absolute Gasteiger partial charge is 0.474 e. The maximum absolute atomic E-state index is 13.7. The summed E-state index contributed by atoms with van der Waals surface area (Å²) in [6.45, 7) is 7.20. The van der Waals surface area contributed by atoms with Crippen LogP contribution in [0, 0.1) is 11.3 Å². The summed E-state index contributed by atoms with van der Waals surface area (Å²) in [5.41, 5.74) is 7.55. The second-order valence-corrected chi connectivity index (χ2v) is 11.5. The lowest BCUT2D eigenvalue weighted by atomic mass is 9.62. The van der Waals surface area contributed by atoms with Gasteiger partial charge in [0.05, 0.1) is 16.8 Å². The number of ketones is 2. The van der Waals surface area contributed by atoms with Gasteiger partial charge >= 0.3 is 0 Å². The third kappa shape index (κ3) is 6.06. The Kier molecular flexibility index (Phi) is 9.01. The minimum absolute atomic E-state index is 0.0213. The van der Waals surface area contributed by atoms with E-state index in [0.29, 0.717) is 54.6 Å². The van der Waals surface area contributed by atoms with Gasteiger partial charge in [0.1, 0.15) is 11.9 Å². The number of carbonyl (C=O) groups excluding carboxylic acids is 2. The van der Waals surface area contributed by atoms with Crippen molar-refractivity contribution < 1.29 is 14.3 Å². The average molecular weight is 512 g/mol. The second kappa shape index (κ2) is 12.0. The highest BCUT2D eigenvalue weighted by Crippen LogP contribution is 2.45. The maximum atomic E-state index is 13.7. The molecule has 37 heavy (non-hydrogen) atoms. The molecule has 1 unspecified atom stereocenters. The zero-order valence-electron chi connectivity index (χ0n) is 23.1. The average Bonchev–Trinajstić information content (AvgIpc) is 3.33. The molecule has 0 amide bonds. The molecule has 1 saturated heterocycles. The molecule has 3 aliphatic rings. The number of allylic oxidation sites excluding steroid dienone is 1. The van der Waals surface area contributed by atoms with Crippen LogP contribution in [0.25, 0.3) is 5.70 Å². The molecule has 3 fully saturated rings. The number of carbonyl (C=O) groups is 2. The molecule has 204 valence electrons. The van der Waals surface area contributed by atoms with E-state index < -0.39 is 5.41 Å². The second-order valence-electron chi connectivity index (χ2n) is 11.5. The van der Waals surface area contributed by atoms with E-state index in [9.17, 15) is 9.59 Å². The van der Waals surface area contributed by atoms with E-state index in [2.05, 4.69) is 31.1 Å². The Morgan fingerprint density at radius 3 is 2.70 bits per heavy atom. The van der Waals surface area contributed by atoms with Crippen LogP contribution in [0.2, 0.25) is 0 Å². The summed E-state index contributed by atoms with van der Waals surface area (Å²) in [6.07, 6.45) is 8.01. The van der Waals surface area contributed by atoms with Crippen molar-refractivity contribution in [3.05, 3.63) is 23.2 Å². The zero-order valence-corrected chi connectivity index (χ0v) is 23.1. The highest BCUT2D eigenvalue weighted by Gasteiger charge is 2.49. The lowest BCUT2D eigenvalue weighted by Crippen LogP contribution is -2.45. The van der Waals surface area contributed by atoms with Gasteiger partial charge in [-0.05, 0) is 91.4 Å². The molecule has 1 aromatic heterocycles. The number of nitrogens with two attached hydrogens (primary N) is 1. The van der Waals surface area contributed by atoms with E-state index in [4.69, 9.17) is 20.4 Å². The van der Waals surface area contributed by atoms with Gasteiger partial charge in [0.25, 0.3) is 0 Å². The molecule has 1 spiro atoms. The number of Topliss-reactive ketones (excluding diaryl/α,β-unsaturated/α-hetero) is 2. The lowest BCUT2D eigenvalue weighted by Gasteiger charge is -2.38. The van der Waals surface area contributed by atoms with Crippen molar-refractivity contribution in [1.29, 1.82) is 0 Å². The van der Waals surface area contributed by atoms with Crippen molar-refractivity contribution in [1.82, 2.24) is 20.2 Å². The van der Waals surface area contributed by atoms with Gasteiger partial charge in [-0.2, -0.15) is 4.98 Å². The van der Waals surface area contributed by atoms with Crippen LogP contribution in [0.5, 0.6) is 5.88 Å². The Bertz CT molecular complexity index is 1020. The van der Waals surface area contributed by atoms with Crippen molar-refractivity contribution in [2.75, 3.05) is 33.7 Å². The van der Waals surface area contributed by atoms with Crippen LogP contribution >= 0.6 is 0 Å². The fourth-order valence-electron chi connectivity index (χ4n) is 6.22. The number of hydrogen-bond acceptors (Lipinski definition) is 8. The smallest absolute Gasteiger partial charge is 0.217 e. The molecule has 1 aliphatic heterocycles. The standard InChI is InChI=1S/C29H45N5O3/c1-19(9-8-15-31-3)20(2)37-25-17-23(21-12-16-34(4)18-21)32-28(33-25)26(30)22-10-7-14-29(27(22)36)13-6-5-11-24(29)35/h17,19-21,31H,5-16,18,30H2,1-4H3/b26-22-/t19?,20-,21-,29+/m0/s1. The number of nitrogens with one attached hydrogen (secondary N) is 1. The molecule has 2 heterocycles. The number of hydrogen-bond donors (Lipinski definition) is 2. The number of likely N-dealkylation sites (tertiary alicyclic amines) is 1. The van der Waals surface area contributed by atoms with Gasteiger partial charge in [-0.1, -0.05) is 13.3 Å². The van der Waals surface area contributed by atoms with E-state index in [-0.39, 0.29) is 23.6 Å². The third-order valence-electron chi connectivity index (χ3n) is 8.82. The van der Waals surface area contributed by atoms with Gasteiger partial charge in [0, 0.05) is 30.5 Å². The molecule has 0 bridgehead atoms. The summed E-state index contributed by atoms with van der Waals surface area (Å²) in [5.74, 6) is 1.50. The van der Waals surface area contributed by atoms with Crippen molar-refractivity contribution in [2.45, 2.75) is 90.1 Å². The molecular formula is C29H45N5O3. The van der Waals surface area contributed by atoms with Crippen molar-refractivity contribution >= 4 is 17.3 Å². The number of rotatable bonds is 9. The topological polar surface area (TPSA) is 110 Å². The molecule has 8 heteroatoms. The first-order valence-electron chi connectivity index (χ1n) is 14.2. The summed E-state index contributed by atoms with van der Waals surface area (Å²) >= 11 is 0. The molecule has 3 N–H and O–H groups in total. The minimum Gasteiger partial charge on any atom is -0.474 e. The van der Waals surface area contributed by atoms with Gasteiger partial charge in [-0.15, -0.1) is 0 Å². The predicted octanol–water partition coefficient (Wildman–Crippen LogP) is 3.85. The molecule has 0 aromatic carbocycles. The first-order valence-corrected chi connectivity index (χ1v) is 14.2. The van der Waals surface area contributed by atoms with Gasteiger partial charge in [-0.3, -0.25) is 9.59 Å². The molecule has 2 saturated carbocycles. The highest BCUT2D eigenvalue weighted by atomic mass is 16.5. The summed E-state index contributed by atoms with van der Waals surface area (Å²) < 4.78 is 6.36.